The number of hydrogen-bond acceptors (Lipinski definition) is 4. The quantitative estimate of drug-likeness (QED) is 0.744. The summed E-state index contributed by atoms with van der Waals surface area (Å²) in [4.78, 5) is 14.9. The van der Waals surface area contributed by atoms with Crippen molar-refractivity contribution in [1.82, 2.24) is 9.55 Å². The second-order valence-electron chi connectivity index (χ2n) is 3.63. The smallest absolute Gasteiger partial charge is 0.305 e. The fourth-order valence-corrected chi connectivity index (χ4v) is 1.40. The Morgan fingerprint density at radius 3 is 2.87 bits per heavy atom. The average molecular weight is 212 g/mol. The average Bonchev–Trinajstić information content (AvgIpc) is 2.63. The van der Waals surface area contributed by atoms with Gasteiger partial charge in [0.05, 0.1) is 37.9 Å². The predicted octanol–water partition coefficient (Wildman–Crippen LogP) is 0.653. The van der Waals surface area contributed by atoms with Crippen LogP contribution in [0.5, 0.6) is 0 Å². The first-order valence-electron chi connectivity index (χ1n) is 4.77. The summed E-state index contributed by atoms with van der Waals surface area (Å²) in [6.45, 7) is 1.80. The van der Waals surface area contributed by atoms with E-state index in [2.05, 4.69) is 9.72 Å². The molecule has 15 heavy (non-hydrogen) atoms. The summed E-state index contributed by atoms with van der Waals surface area (Å²) < 4.78 is 6.28. The van der Waals surface area contributed by atoms with Crippen molar-refractivity contribution in [1.29, 1.82) is 0 Å². The fraction of sp³-hybridized carbons (Fsp3) is 0.600. The summed E-state index contributed by atoms with van der Waals surface area (Å²) in [6, 6.07) is 0. The molecule has 0 saturated heterocycles. The number of imidazole rings is 1. The minimum Gasteiger partial charge on any atom is -0.469 e. The predicted molar refractivity (Wildman–Crippen MR) is 54.0 cm³/mol. The maximum atomic E-state index is 11.0. The van der Waals surface area contributed by atoms with Crippen molar-refractivity contribution in [3.8, 4) is 0 Å². The molecule has 1 aromatic rings. The molecule has 1 rings (SSSR count). The Bertz CT molecular complexity index is 335. The third-order valence-corrected chi connectivity index (χ3v) is 2.41. The standard InChI is InChI=1S/C10H16N2O3/c1-7(4-9(13)15-3)10(14)8-5-11-6-12(8)2/h5-7,10,14H,4H2,1-3H3. The summed E-state index contributed by atoms with van der Waals surface area (Å²) in [6.07, 6.45) is 2.71. The van der Waals surface area contributed by atoms with Gasteiger partial charge in [-0.2, -0.15) is 0 Å². The number of aliphatic hydroxyl groups excluding tert-OH is 1. The number of aromatic nitrogens is 2. The molecule has 0 amide bonds. The van der Waals surface area contributed by atoms with Crippen molar-refractivity contribution in [2.75, 3.05) is 7.11 Å². The van der Waals surface area contributed by atoms with Gasteiger partial charge in [0.15, 0.2) is 0 Å². The molecule has 1 heterocycles. The minimum absolute atomic E-state index is 0.187. The minimum atomic E-state index is -0.698. The summed E-state index contributed by atoms with van der Waals surface area (Å²) in [5.41, 5.74) is 0.700. The zero-order valence-electron chi connectivity index (χ0n) is 9.17. The van der Waals surface area contributed by atoms with Crippen LogP contribution in [0.25, 0.3) is 0 Å². The van der Waals surface area contributed by atoms with Crippen LogP contribution in [0, 0.1) is 5.92 Å². The van der Waals surface area contributed by atoms with Gasteiger partial charge >= 0.3 is 5.97 Å². The lowest BCUT2D eigenvalue weighted by Gasteiger charge is -2.17. The lowest BCUT2D eigenvalue weighted by Crippen LogP contribution is -2.16. The molecule has 0 saturated carbocycles. The van der Waals surface area contributed by atoms with E-state index in [1.54, 1.807) is 31.1 Å². The largest absolute Gasteiger partial charge is 0.469 e. The van der Waals surface area contributed by atoms with Gasteiger partial charge in [-0.15, -0.1) is 0 Å². The van der Waals surface area contributed by atoms with Gasteiger partial charge in [-0.1, -0.05) is 6.92 Å². The Kier molecular flexibility index (Phi) is 3.85. The Balaban J connectivity index is 2.64. The van der Waals surface area contributed by atoms with Crippen LogP contribution in [0.4, 0.5) is 0 Å². The highest BCUT2D eigenvalue weighted by Gasteiger charge is 2.21. The molecule has 0 fully saturated rings. The third-order valence-electron chi connectivity index (χ3n) is 2.41. The zero-order chi connectivity index (χ0) is 11.4. The Hall–Kier alpha value is -1.36. The number of carbonyl (C=O) groups excluding carboxylic acids is 1. The Morgan fingerprint density at radius 2 is 2.40 bits per heavy atom. The van der Waals surface area contributed by atoms with Crippen LogP contribution in [0.15, 0.2) is 12.5 Å². The summed E-state index contributed by atoms with van der Waals surface area (Å²) >= 11 is 0. The molecule has 0 aromatic carbocycles. The van der Waals surface area contributed by atoms with Crippen LogP contribution >= 0.6 is 0 Å². The van der Waals surface area contributed by atoms with Gasteiger partial charge in [0.2, 0.25) is 0 Å². The van der Waals surface area contributed by atoms with E-state index in [0.717, 1.165) is 0 Å². The normalized spacial score (nSPS) is 14.7. The van der Waals surface area contributed by atoms with Gasteiger partial charge < -0.3 is 14.4 Å². The van der Waals surface area contributed by atoms with Gasteiger partial charge in [0, 0.05) is 7.05 Å². The Labute approximate surface area is 88.7 Å². The third kappa shape index (κ3) is 2.79. The van der Waals surface area contributed by atoms with E-state index in [1.807, 2.05) is 0 Å². The van der Waals surface area contributed by atoms with E-state index in [4.69, 9.17) is 0 Å². The molecule has 0 bridgehead atoms. The first kappa shape index (κ1) is 11.7. The van der Waals surface area contributed by atoms with Gasteiger partial charge in [-0.05, 0) is 5.92 Å². The molecular weight excluding hydrogens is 196 g/mol. The zero-order valence-corrected chi connectivity index (χ0v) is 9.17. The molecule has 2 atom stereocenters. The van der Waals surface area contributed by atoms with Crippen molar-refractivity contribution >= 4 is 5.97 Å². The number of aryl methyl sites for hydroxylation is 1. The summed E-state index contributed by atoms with van der Waals surface area (Å²) in [5, 5.41) is 9.93. The maximum absolute atomic E-state index is 11.0. The molecule has 84 valence electrons. The molecule has 0 aliphatic heterocycles. The second-order valence-corrected chi connectivity index (χ2v) is 3.63. The number of hydrogen-bond donors (Lipinski definition) is 1. The molecule has 0 radical (unpaired) electrons. The van der Waals surface area contributed by atoms with Gasteiger partial charge in [-0.3, -0.25) is 4.79 Å². The van der Waals surface area contributed by atoms with E-state index in [1.165, 1.54) is 7.11 Å². The van der Waals surface area contributed by atoms with Crippen LogP contribution < -0.4 is 0 Å². The van der Waals surface area contributed by atoms with Crippen molar-refractivity contribution in [3.05, 3.63) is 18.2 Å². The molecule has 0 aliphatic carbocycles. The van der Waals surface area contributed by atoms with Crippen molar-refractivity contribution in [2.24, 2.45) is 13.0 Å². The molecule has 1 N–H and O–H groups in total. The summed E-state index contributed by atoms with van der Waals surface area (Å²) in [5.74, 6) is -0.503. The fourth-order valence-electron chi connectivity index (χ4n) is 1.40. The number of esters is 1. The van der Waals surface area contributed by atoms with E-state index in [0.29, 0.717) is 5.69 Å². The van der Waals surface area contributed by atoms with Crippen LogP contribution in [-0.2, 0) is 16.6 Å². The van der Waals surface area contributed by atoms with Crippen LogP contribution in [-0.4, -0.2) is 27.7 Å². The van der Waals surface area contributed by atoms with E-state index < -0.39 is 6.10 Å². The first-order chi connectivity index (χ1) is 7.06. The highest BCUT2D eigenvalue weighted by molar-refractivity contribution is 5.69. The number of rotatable bonds is 4. The lowest BCUT2D eigenvalue weighted by atomic mass is 9.99. The van der Waals surface area contributed by atoms with E-state index in [9.17, 15) is 9.90 Å². The molecule has 0 aliphatic rings. The van der Waals surface area contributed by atoms with Crippen molar-refractivity contribution in [3.63, 3.8) is 0 Å². The Morgan fingerprint density at radius 1 is 1.73 bits per heavy atom. The molecule has 0 spiro atoms. The maximum Gasteiger partial charge on any atom is 0.305 e. The van der Waals surface area contributed by atoms with Crippen molar-refractivity contribution < 1.29 is 14.6 Å². The molecule has 1 aromatic heterocycles. The lowest BCUT2D eigenvalue weighted by molar-refractivity contribution is -0.142. The van der Waals surface area contributed by atoms with Gasteiger partial charge in [-0.25, -0.2) is 4.98 Å². The number of nitrogens with zero attached hydrogens (tertiary/aromatic N) is 2. The number of methoxy groups -OCH3 is 1. The second kappa shape index (κ2) is 4.93. The first-order valence-corrected chi connectivity index (χ1v) is 4.77. The van der Waals surface area contributed by atoms with E-state index >= 15 is 0 Å². The molecular formula is C10H16N2O3. The van der Waals surface area contributed by atoms with E-state index in [-0.39, 0.29) is 18.3 Å². The molecule has 2 unspecified atom stereocenters. The van der Waals surface area contributed by atoms with Crippen molar-refractivity contribution in [2.45, 2.75) is 19.4 Å². The molecule has 5 nitrogen and oxygen atoms in total. The number of aliphatic hydroxyl groups is 1. The van der Waals surface area contributed by atoms with Gasteiger partial charge in [0.25, 0.3) is 0 Å². The van der Waals surface area contributed by atoms with Gasteiger partial charge in [0.1, 0.15) is 0 Å². The monoisotopic (exact) mass is 212 g/mol. The van der Waals surface area contributed by atoms with Crippen LogP contribution in [0.1, 0.15) is 25.1 Å². The van der Waals surface area contributed by atoms with Crippen LogP contribution in [0.2, 0.25) is 0 Å². The summed E-state index contributed by atoms with van der Waals surface area (Å²) in [7, 11) is 3.14. The number of carbonyl (C=O) groups is 1. The number of ether oxygens (including phenoxy) is 1. The SMILES string of the molecule is COC(=O)CC(C)C(O)c1cncn1C. The highest BCUT2D eigenvalue weighted by Crippen LogP contribution is 2.23. The highest BCUT2D eigenvalue weighted by atomic mass is 16.5. The van der Waals surface area contributed by atoms with Crippen LogP contribution in [0.3, 0.4) is 0 Å². The topological polar surface area (TPSA) is 64.3 Å². The molecule has 5 heteroatoms.